The maximum absolute atomic E-state index is 8.94. The standard InChI is InChI=1S/C11H14BrN3S/c12-11-2-1-10(16-11)9(3-4-13)15-7-5-14-6-8-15/h1-2,9,14H,3,5-8H2/t9-/m1/s1. The van der Waals surface area contributed by atoms with Crippen molar-refractivity contribution in [2.24, 2.45) is 0 Å². The summed E-state index contributed by atoms with van der Waals surface area (Å²) in [4.78, 5) is 3.69. The molecular weight excluding hydrogens is 286 g/mol. The minimum absolute atomic E-state index is 0.267. The lowest BCUT2D eigenvalue weighted by Gasteiger charge is -2.33. The summed E-state index contributed by atoms with van der Waals surface area (Å²) in [6, 6.07) is 6.76. The first-order valence-electron chi connectivity index (χ1n) is 5.38. The van der Waals surface area contributed by atoms with E-state index >= 15 is 0 Å². The molecule has 2 rings (SSSR count). The van der Waals surface area contributed by atoms with Crippen molar-refractivity contribution in [3.05, 3.63) is 20.8 Å². The number of hydrogen-bond donors (Lipinski definition) is 1. The quantitative estimate of drug-likeness (QED) is 0.931. The van der Waals surface area contributed by atoms with Crippen LogP contribution in [-0.2, 0) is 0 Å². The Morgan fingerprint density at radius 2 is 2.25 bits per heavy atom. The summed E-state index contributed by atoms with van der Waals surface area (Å²) in [6.07, 6.45) is 0.576. The summed E-state index contributed by atoms with van der Waals surface area (Å²) in [6.45, 7) is 4.10. The highest BCUT2D eigenvalue weighted by Crippen LogP contribution is 2.32. The predicted octanol–water partition coefficient (Wildman–Crippen LogP) is 2.37. The van der Waals surface area contributed by atoms with E-state index in [0.717, 1.165) is 30.0 Å². The van der Waals surface area contributed by atoms with Crippen LogP contribution in [0.25, 0.3) is 0 Å². The Bertz CT molecular complexity index is 379. The van der Waals surface area contributed by atoms with Crippen LogP contribution >= 0.6 is 27.3 Å². The van der Waals surface area contributed by atoms with E-state index in [1.165, 1.54) is 4.88 Å². The lowest BCUT2D eigenvalue weighted by molar-refractivity contribution is 0.178. The molecule has 0 bridgehead atoms. The maximum atomic E-state index is 8.94. The van der Waals surface area contributed by atoms with Gasteiger partial charge in [0, 0.05) is 31.1 Å². The van der Waals surface area contributed by atoms with Crippen molar-refractivity contribution < 1.29 is 0 Å². The highest BCUT2D eigenvalue weighted by atomic mass is 79.9. The average molecular weight is 300 g/mol. The summed E-state index contributed by atoms with van der Waals surface area (Å²) in [5, 5.41) is 12.3. The first kappa shape index (κ1) is 12.1. The van der Waals surface area contributed by atoms with Gasteiger partial charge in [-0.15, -0.1) is 11.3 Å². The minimum Gasteiger partial charge on any atom is -0.314 e. The van der Waals surface area contributed by atoms with E-state index < -0.39 is 0 Å². The summed E-state index contributed by atoms with van der Waals surface area (Å²) in [7, 11) is 0. The van der Waals surface area contributed by atoms with Crippen molar-refractivity contribution >= 4 is 27.3 Å². The second-order valence-electron chi connectivity index (χ2n) is 3.81. The number of nitrogens with zero attached hydrogens (tertiary/aromatic N) is 2. The molecule has 86 valence electrons. The zero-order valence-electron chi connectivity index (χ0n) is 8.95. The van der Waals surface area contributed by atoms with Crippen molar-refractivity contribution in [3.63, 3.8) is 0 Å². The van der Waals surface area contributed by atoms with Gasteiger partial charge in [-0.2, -0.15) is 5.26 Å². The molecule has 0 amide bonds. The molecule has 0 aliphatic carbocycles. The van der Waals surface area contributed by atoms with Crippen LogP contribution in [0.3, 0.4) is 0 Å². The maximum Gasteiger partial charge on any atom is 0.0701 e. The van der Waals surface area contributed by atoms with E-state index in [1.807, 2.05) is 0 Å². The number of rotatable bonds is 3. The molecule has 1 aromatic rings. The van der Waals surface area contributed by atoms with Crippen LogP contribution in [-0.4, -0.2) is 31.1 Å². The Morgan fingerprint density at radius 1 is 1.50 bits per heavy atom. The van der Waals surface area contributed by atoms with E-state index in [9.17, 15) is 0 Å². The highest BCUT2D eigenvalue weighted by molar-refractivity contribution is 9.11. The molecule has 1 atom stereocenters. The SMILES string of the molecule is N#CC[C@H](c1ccc(Br)s1)N1CCNCC1. The number of hydrogen-bond acceptors (Lipinski definition) is 4. The van der Waals surface area contributed by atoms with Gasteiger partial charge in [0.1, 0.15) is 0 Å². The fraction of sp³-hybridized carbons (Fsp3) is 0.545. The third-order valence-corrected chi connectivity index (χ3v) is 4.52. The van der Waals surface area contributed by atoms with Crippen molar-refractivity contribution in [1.82, 2.24) is 10.2 Å². The van der Waals surface area contributed by atoms with Gasteiger partial charge in [0.2, 0.25) is 0 Å². The van der Waals surface area contributed by atoms with Crippen LogP contribution in [0, 0.1) is 11.3 Å². The van der Waals surface area contributed by atoms with E-state index in [4.69, 9.17) is 5.26 Å². The van der Waals surface area contributed by atoms with Crippen LogP contribution in [0.5, 0.6) is 0 Å². The Labute approximate surface area is 108 Å². The zero-order chi connectivity index (χ0) is 11.4. The van der Waals surface area contributed by atoms with Gasteiger partial charge in [0.15, 0.2) is 0 Å². The van der Waals surface area contributed by atoms with Crippen molar-refractivity contribution in [2.45, 2.75) is 12.5 Å². The van der Waals surface area contributed by atoms with Gasteiger partial charge in [-0.3, -0.25) is 4.90 Å². The summed E-state index contributed by atoms with van der Waals surface area (Å²) >= 11 is 5.21. The molecular formula is C11H14BrN3S. The van der Waals surface area contributed by atoms with Gasteiger partial charge in [-0.05, 0) is 28.1 Å². The van der Waals surface area contributed by atoms with Crippen LogP contribution < -0.4 is 5.32 Å². The van der Waals surface area contributed by atoms with Gasteiger partial charge in [-0.1, -0.05) is 0 Å². The summed E-state index contributed by atoms with van der Waals surface area (Å²) < 4.78 is 1.14. The smallest absolute Gasteiger partial charge is 0.0701 e. The Balaban J connectivity index is 2.13. The van der Waals surface area contributed by atoms with E-state index in [0.29, 0.717) is 6.42 Å². The lowest BCUT2D eigenvalue weighted by atomic mass is 10.1. The molecule has 16 heavy (non-hydrogen) atoms. The third kappa shape index (κ3) is 2.83. The van der Waals surface area contributed by atoms with E-state index in [-0.39, 0.29) is 6.04 Å². The lowest BCUT2D eigenvalue weighted by Crippen LogP contribution is -2.44. The van der Waals surface area contributed by atoms with Crippen LogP contribution in [0.4, 0.5) is 0 Å². The molecule has 1 aromatic heterocycles. The topological polar surface area (TPSA) is 39.1 Å². The Hall–Kier alpha value is -0.410. The molecule has 1 aliphatic rings. The second-order valence-corrected chi connectivity index (χ2v) is 6.30. The molecule has 0 unspecified atom stereocenters. The average Bonchev–Trinajstić information content (AvgIpc) is 2.74. The Kier molecular flexibility index (Phi) is 4.36. The molecule has 1 saturated heterocycles. The van der Waals surface area contributed by atoms with Crippen LogP contribution in [0.15, 0.2) is 15.9 Å². The van der Waals surface area contributed by atoms with Gasteiger partial charge >= 0.3 is 0 Å². The molecule has 0 saturated carbocycles. The minimum atomic E-state index is 0.267. The second kappa shape index (κ2) is 5.78. The first-order chi connectivity index (χ1) is 7.81. The molecule has 0 radical (unpaired) electrons. The van der Waals surface area contributed by atoms with Crippen LogP contribution in [0.2, 0.25) is 0 Å². The normalized spacial score (nSPS) is 19.2. The molecule has 0 spiro atoms. The molecule has 5 heteroatoms. The van der Waals surface area contributed by atoms with Crippen LogP contribution in [0.1, 0.15) is 17.3 Å². The number of halogens is 1. The fourth-order valence-corrected chi connectivity index (χ4v) is 3.56. The largest absolute Gasteiger partial charge is 0.314 e. The van der Waals surface area contributed by atoms with Gasteiger partial charge in [0.05, 0.1) is 22.3 Å². The first-order valence-corrected chi connectivity index (χ1v) is 6.99. The molecule has 1 aliphatic heterocycles. The fourth-order valence-electron chi connectivity index (χ4n) is 2.00. The number of nitrogens with one attached hydrogen (secondary N) is 1. The third-order valence-electron chi connectivity index (χ3n) is 2.80. The van der Waals surface area contributed by atoms with Crippen molar-refractivity contribution in [2.75, 3.05) is 26.2 Å². The van der Waals surface area contributed by atoms with E-state index in [1.54, 1.807) is 11.3 Å². The summed E-state index contributed by atoms with van der Waals surface area (Å²) in [5.41, 5.74) is 0. The molecule has 3 nitrogen and oxygen atoms in total. The number of nitriles is 1. The van der Waals surface area contributed by atoms with Gasteiger partial charge in [-0.25, -0.2) is 0 Å². The molecule has 2 heterocycles. The number of piperazine rings is 1. The van der Waals surface area contributed by atoms with Gasteiger partial charge in [0.25, 0.3) is 0 Å². The monoisotopic (exact) mass is 299 g/mol. The molecule has 1 fully saturated rings. The highest BCUT2D eigenvalue weighted by Gasteiger charge is 2.23. The number of thiophene rings is 1. The van der Waals surface area contributed by atoms with Crippen molar-refractivity contribution in [1.29, 1.82) is 5.26 Å². The predicted molar refractivity (Wildman–Crippen MR) is 69.4 cm³/mol. The van der Waals surface area contributed by atoms with Crippen molar-refractivity contribution in [3.8, 4) is 6.07 Å². The van der Waals surface area contributed by atoms with E-state index in [2.05, 4.69) is 44.3 Å². The molecule has 0 aromatic carbocycles. The molecule has 1 N–H and O–H groups in total. The summed E-state index contributed by atoms with van der Waals surface area (Å²) in [5.74, 6) is 0. The Morgan fingerprint density at radius 3 is 2.81 bits per heavy atom. The van der Waals surface area contributed by atoms with Gasteiger partial charge < -0.3 is 5.32 Å². The zero-order valence-corrected chi connectivity index (χ0v) is 11.4.